The first-order chi connectivity index (χ1) is 13.5. The summed E-state index contributed by atoms with van der Waals surface area (Å²) in [7, 11) is 0. The molecule has 10 heteroatoms. The highest BCUT2D eigenvalue weighted by molar-refractivity contribution is 14.1. The molecule has 2 aromatic rings. The molecule has 28 heavy (non-hydrogen) atoms. The van der Waals surface area contributed by atoms with Gasteiger partial charge in [0.25, 0.3) is 0 Å². The molecule has 0 bridgehead atoms. The summed E-state index contributed by atoms with van der Waals surface area (Å²) in [4.78, 5) is 23.3. The van der Waals surface area contributed by atoms with Gasteiger partial charge >= 0.3 is 0 Å². The van der Waals surface area contributed by atoms with Crippen molar-refractivity contribution in [3.8, 4) is 0 Å². The number of rotatable bonds is 11. The molecule has 0 aliphatic heterocycles. The quantitative estimate of drug-likeness (QED) is 0.174. The molecule has 2 heterocycles. The van der Waals surface area contributed by atoms with Crippen LogP contribution in [0, 0.1) is 7.53 Å². The molecule has 0 spiro atoms. The largest absolute Gasteiger partial charge is 0.449 e. The van der Waals surface area contributed by atoms with Gasteiger partial charge in [-0.2, -0.15) is 10.2 Å². The fraction of sp³-hybridized carbons (Fsp3) is 0.333. The van der Waals surface area contributed by atoms with E-state index in [2.05, 4.69) is 66.2 Å². The van der Waals surface area contributed by atoms with Crippen molar-refractivity contribution in [3.63, 3.8) is 0 Å². The Morgan fingerprint density at radius 2 is 1.21 bits per heavy atom. The highest BCUT2D eigenvalue weighted by Gasteiger charge is 2.02. The van der Waals surface area contributed by atoms with Crippen LogP contribution in [0.3, 0.4) is 0 Å². The van der Waals surface area contributed by atoms with Crippen LogP contribution in [0.2, 0.25) is 0 Å². The van der Waals surface area contributed by atoms with Crippen molar-refractivity contribution in [2.75, 3.05) is 0 Å². The fourth-order valence-corrected chi connectivity index (χ4v) is 3.04. The van der Waals surface area contributed by atoms with Gasteiger partial charge in [-0.05, 0) is 82.3 Å². The summed E-state index contributed by atoms with van der Waals surface area (Å²) in [5.74, 6) is 0.895. The molecule has 0 aromatic carbocycles. The van der Waals surface area contributed by atoms with E-state index < -0.39 is 0 Å². The predicted octanol–water partition coefficient (Wildman–Crippen LogP) is 4.02. The van der Waals surface area contributed by atoms with Crippen LogP contribution in [0.15, 0.2) is 43.3 Å². The van der Waals surface area contributed by atoms with Crippen molar-refractivity contribution in [1.82, 2.24) is 10.9 Å². The van der Waals surface area contributed by atoms with Crippen LogP contribution >= 0.6 is 45.2 Å². The minimum absolute atomic E-state index is 0.142. The first-order valence-electron chi connectivity index (χ1n) is 8.67. The Labute approximate surface area is 189 Å². The summed E-state index contributed by atoms with van der Waals surface area (Å²) < 4.78 is 12.1. The van der Waals surface area contributed by atoms with E-state index in [1.165, 1.54) is 12.4 Å². The Morgan fingerprint density at radius 3 is 1.57 bits per heavy atom. The number of nitrogens with one attached hydrogen (secondary N) is 2. The third kappa shape index (κ3) is 9.48. The van der Waals surface area contributed by atoms with Crippen molar-refractivity contribution in [2.45, 2.75) is 38.5 Å². The molecule has 0 unspecified atom stereocenters. The Hall–Kier alpha value is -1.70. The second-order valence-electron chi connectivity index (χ2n) is 5.78. The lowest BCUT2D eigenvalue weighted by atomic mass is 10.1. The zero-order valence-corrected chi connectivity index (χ0v) is 19.3. The standard InChI is InChI=1S/C18H20I2N4O4/c19-15-9-7-13(27-15)11-21-23-17(25)5-3-1-2-4-6-18(26)24-22-12-14-8-10-16(20)28-14/h7-12H,1-6H2,(H,23,25)(H,24,26)/b21-11-,22-12-. The molecule has 0 fully saturated rings. The van der Waals surface area contributed by atoms with Gasteiger partial charge in [0.15, 0.2) is 7.53 Å². The Balaban J connectivity index is 1.47. The number of unbranched alkanes of at least 4 members (excludes halogenated alkanes) is 3. The van der Waals surface area contributed by atoms with Crippen LogP contribution in [0.5, 0.6) is 0 Å². The van der Waals surface area contributed by atoms with E-state index in [9.17, 15) is 9.59 Å². The zero-order valence-electron chi connectivity index (χ0n) is 15.0. The van der Waals surface area contributed by atoms with Gasteiger partial charge in [0.2, 0.25) is 11.8 Å². The summed E-state index contributed by atoms with van der Waals surface area (Å²) in [6.45, 7) is 0. The second-order valence-corrected chi connectivity index (χ2v) is 7.91. The molecule has 0 saturated heterocycles. The molecule has 0 aliphatic carbocycles. The van der Waals surface area contributed by atoms with E-state index in [4.69, 9.17) is 8.83 Å². The molecule has 2 aromatic heterocycles. The molecular weight excluding hydrogens is 590 g/mol. The maximum atomic E-state index is 11.7. The molecule has 2 N–H and O–H groups in total. The summed E-state index contributed by atoms with van der Waals surface area (Å²) in [5, 5.41) is 7.70. The molecule has 8 nitrogen and oxygen atoms in total. The van der Waals surface area contributed by atoms with Crippen LogP contribution in [0.25, 0.3) is 0 Å². The summed E-state index contributed by atoms with van der Waals surface area (Å²) >= 11 is 4.11. The van der Waals surface area contributed by atoms with Crippen LogP contribution < -0.4 is 10.9 Å². The highest BCUT2D eigenvalue weighted by atomic mass is 127. The first kappa shape index (κ1) is 22.6. The lowest BCUT2D eigenvalue weighted by Crippen LogP contribution is -2.17. The monoisotopic (exact) mass is 610 g/mol. The van der Waals surface area contributed by atoms with E-state index in [1.54, 1.807) is 12.1 Å². The van der Waals surface area contributed by atoms with E-state index >= 15 is 0 Å². The zero-order chi connectivity index (χ0) is 20.2. The van der Waals surface area contributed by atoms with Gasteiger partial charge in [0.05, 0.1) is 12.4 Å². The number of amides is 2. The normalized spacial score (nSPS) is 11.4. The lowest BCUT2D eigenvalue weighted by molar-refractivity contribution is -0.122. The average Bonchev–Trinajstić information content (AvgIpc) is 3.26. The topological polar surface area (TPSA) is 109 Å². The number of carbonyl (C=O) groups excluding carboxylic acids is 2. The van der Waals surface area contributed by atoms with Gasteiger partial charge in [0.1, 0.15) is 11.5 Å². The minimum atomic E-state index is -0.142. The van der Waals surface area contributed by atoms with E-state index in [0.717, 1.165) is 33.2 Å². The average molecular weight is 610 g/mol. The van der Waals surface area contributed by atoms with Crippen molar-refractivity contribution in [2.24, 2.45) is 10.2 Å². The molecule has 0 saturated carbocycles. The van der Waals surface area contributed by atoms with Gasteiger partial charge in [-0.25, -0.2) is 10.9 Å². The SMILES string of the molecule is O=C(CCCCCCC(=O)N/N=C\c1ccc(I)o1)N/N=C\c1ccc(I)o1. The van der Waals surface area contributed by atoms with Gasteiger partial charge in [-0.3, -0.25) is 9.59 Å². The number of halogens is 2. The molecule has 0 atom stereocenters. The van der Waals surface area contributed by atoms with E-state index in [0.29, 0.717) is 24.4 Å². The number of hydrazone groups is 2. The minimum Gasteiger partial charge on any atom is -0.449 e. The van der Waals surface area contributed by atoms with Crippen molar-refractivity contribution in [3.05, 3.63) is 43.3 Å². The number of carbonyl (C=O) groups is 2. The number of furan rings is 2. The number of nitrogens with zero attached hydrogens (tertiary/aromatic N) is 2. The van der Waals surface area contributed by atoms with Crippen LogP contribution in [-0.4, -0.2) is 24.2 Å². The van der Waals surface area contributed by atoms with Gasteiger partial charge < -0.3 is 8.83 Å². The maximum absolute atomic E-state index is 11.7. The van der Waals surface area contributed by atoms with Crippen molar-refractivity contribution in [1.29, 1.82) is 0 Å². The fourth-order valence-electron chi connectivity index (χ4n) is 2.17. The maximum Gasteiger partial charge on any atom is 0.240 e. The second kappa shape index (κ2) is 12.7. The lowest BCUT2D eigenvalue weighted by Gasteiger charge is -2.01. The third-order valence-electron chi connectivity index (χ3n) is 3.51. The van der Waals surface area contributed by atoms with Gasteiger partial charge in [-0.1, -0.05) is 12.8 Å². The Kier molecular flexibility index (Phi) is 10.2. The smallest absolute Gasteiger partial charge is 0.240 e. The van der Waals surface area contributed by atoms with E-state index in [1.807, 2.05) is 12.1 Å². The van der Waals surface area contributed by atoms with Gasteiger partial charge in [0, 0.05) is 12.8 Å². The van der Waals surface area contributed by atoms with Gasteiger partial charge in [-0.15, -0.1) is 0 Å². The number of hydrogen-bond acceptors (Lipinski definition) is 6. The van der Waals surface area contributed by atoms with Crippen LogP contribution in [0.1, 0.15) is 50.0 Å². The molecule has 150 valence electrons. The molecule has 0 aliphatic rings. The predicted molar refractivity (Wildman–Crippen MR) is 122 cm³/mol. The van der Waals surface area contributed by atoms with Crippen LogP contribution in [-0.2, 0) is 9.59 Å². The molecular formula is C18H20I2N4O4. The molecule has 2 rings (SSSR count). The number of hydrogen-bond donors (Lipinski definition) is 2. The third-order valence-corrected chi connectivity index (χ3v) is 4.67. The summed E-state index contributed by atoms with van der Waals surface area (Å²) in [6.07, 6.45) is 6.95. The van der Waals surface area contributed by atoms with Crippen molar-refractivity contribution >= 4 is 69.4 Å². The Bertz CT molecular complexity index is 761. The first-order valence-corrected chi connectivity index (χ1v) is 10.8. The molecule has 0 radical (unpaired) electrons. The van der Waals surface area contributed by atoms with E-state index in [-0.39, 0.29) is 11.8 Å². The summed E-state index contributed by atoms with van der Waals surface area (Å²) in [5.41, 5.74) is 4.94. The van der Waals surface area contributed by atoms with Crippen molar-refractivity contribution < 1.29 is 18.4 Å². The molecule has 2 amide bonds. The Morgan fingerprint density at radius 1 is 0.786 bits per heavy atom. The highest BCUT2D eigenvalue weighted by Crippen LogP contribution is 2.09. The summed E-state index contributed by atoms with van der Waals surface area (Å²) in [6, 6.07) is 7.18. The van der Waals surface area contributed by atoms with Crippen LogP contribution in [0.4, 0.5) is 0 Å².